The van der Waals surface area contributed by atoms with Gasteiger partial charge in [0.15, 0.2) is 10.7 Å². The minimum absolute atomic E-state index is 0.0687. The number of aryl methyl sites for hydroxylation is 2. The van der Waals surface area contributed by atoms with Crippen molar-refractivity contribution in [2.75, 3.05) is 16.2 Å². The molecule has 8 heteroatoms. The highest BCUT2D eigenvalue weighted by atomic mass is 32.2. The Kier molecular flexibility index (Phi) is 4.35. The zero-order chi connectivity index (χ0) is 19.0. The fourth-order valence-corrected chi connectivity index (χ4v) is 4.76. The van der Waals surface area contributed by atoms with Crippen LogP contribution in [0.1, 0.15) is 22.6 Å². The Bertz CT molecular complexity index is 1060. The summed E-state index contributed by atoms with van der Waals surface area (Å²) in [5.74, 6) is 1.08. The van der Waals surface area contributed by atoms with Crippen LogP contribution in [0.2, 0.25) is 0 Å². The molecule has 3 heterocycles. The van der Waals surface area contributed by atoms with Crippen molar-refractivity contribution in [3.63, 3.8) is 0 Å². The second-order valence-corrected chi connectivity index (χ2v) is 8.22. The fourth-order valence-electron chi connectivity index (χ4n) is 3.39. The highest BCUT2D eigenvalue weighted by Crippen LogP contribution is 2.25. The van der Waals surface area contributed by atoms with Crippen LogP contribution in [0.15, 0.2) is 52.0 Å². The van der Waals surface area contributed by atoms with Crippen LogP contribution >= 0.6 is 0 Å². The molecule has 0 saturated heterocycles. The first kappa shape index (κ1) is 17.5. The van der Waals surface area contributed by atoms with Gasteiger partial charge in [-0.15, -0.1) is 0 Å². The number of sulfonamides is 1. The molecular formula is C19H20N4O3S. The maximum atomic E-state index is 12.6. The second-order valence-electron chi connectivity index (χ2n) is 6.60. The molecule has 2 aromatic heterocycles. The standard InChI is InChI=1S/C19H20N4O3S/c1-13-19(14(2)26-21-13)27(24,25)22-17-7-8-18(20-11-17)23-10-9-15-5-3-4-6-16(15)12-23/h3-8,11,22H,9-10,12H2,1-2H3. The van der Waals surface area contributed by atoms with Gasteiger partial charge in [0.2, 0.25) is 0 Å². The lowest BCUT2D eigenvalue weighted by molar-refractivity contribution is 0.390. The quantitative estimate of drug-likeness (QED) is 0.744. The summed E-state index contributed by atoms with van der Waals surface area (Å²) >= 11 is 0. The number of fused-ring (bicyclic) bond motifs is 1. The lowest BCUT2D eigenvalue weighted by Crippen LogP contribution is -2.30. The van der Waals surface area contributed by atoms with Crippen molar-refractivity contribution in [1.82, 2.24) is 10.1 Å². The normalized spacial score (nSPS) is 14.1. The minimum Gasteiger partial charge on any atom is -0.360 e. The summed E-state index contributed by atoms with van der Waals surface area (Å²) in [4.78, 5) is 6.70. The molecule has 1 aromatic carbocycles. The van der Waals surface area contributed by atoms with Crippen LogP contribution in [-0.4, -0.2) is 25.1 Å². The lowest BCUT2D eigenvalue weighted by Gasteiger charge is -2.29. The van der Waals surface area contributed by atoms with Crippen molar-refractivity contribution in [2.45, 2.75) is 31.7 Å². The molecule has 0 saturated carbocycles. The van der Waals surface area contributed by atoms with Crippen LogP contribution in [0.3, 0.4) is 0 Å². The van der Waals surface area contributed by atoms with Gasteiger partial charge in [0.1, 0.15) is 11.5 Å². The summed E-state index contributed by atoms with van der Waals surface area (Å²) in [6.45, 7) is 4.85. The van der Waals surface area contributed by atoms with Gasteiger partial charge >= 0.3 is 0 Å². The monoisotopic (exact) mass is 384 g/mol. The molecule has 0 spiro atoms. The zero-order valence-corrected chi connectivity index (χ0v) is 16.0. The van der Waals surface area contributed by atoms with Crippen LogP contribution in [0.5, 0.6) is 0 Å². The summed E-state index contributed by atoms with van der Waals surface area (Å²) in [5.41, 5.74) is 3.40. The van der Waals surface area contributed by atoms with Crippen molar-refractivity contribution < 1.29 is 12.9 Å². The third kappa shape index (κ3) is 3.40. The molecule has 0 bridgehead atoms. The molecule has 0 aliphatic carbocycles. The number of nitrogens with zero attached hydrogens (tertiary/aromatic N) is 3. The van der Waals surface area contributed by atoms with E-state index < -0.39 is 10.0 Å². The molecule has 3 aromatic rings. The Hall–Kier alpha value is -2.87. The molecule has 7 nitrogen and oxygen atoms in total. The molecule has 0 fully saturated rings. The predicted molar refractivity (Wildman–Crippen MR) is 102 cm³/mol. The topological polar surface area (TPSA) is 88.3 Å². The van der Waals surface area contributed by atoms with Crippen molar-refractivity contribution in [2.24, 2.45) is 0 Å². The van der Waals surface area contributed by atoms with E-state index >= 15 is 0 Å². The fraction of sp³-hybridized carbons (Fsp3) is 0.263. The van der Waals surface area contributed by atoms with Gasteiger partial charge in [-0.1, -0.05) is 29.4 Å². The Morgan fingerprint density at radius 3 is 2.56 bits per heavy atom. The van der Waals surface area contributed by atoms with E-state index in [4.69, 9.17) is 4.52 Å². The Morgan fingerprint density at radius 1 is 1.11 bits per heavy atom. The highest BCUT2D eigenvalue weighted by Gasteiger charge is 2.24. The Morgan fingerprint density at radius 2 is 1.89 bits per heavy atom. The molecule has 1 aliphatic heterocycles. The van der Waals surface area contributed by atoms with Gasteiger partial charge in [0.25, 0.3) is 10.0 Å². The van der Waals surface area contributed by atoms with Crippen molar-refractivity contribution >= 4 is 21.5 Å². The summed E-state index contributed by atoms with van der Waals surface area (Å²) in [6.07, 6.45) is 2.50. The van der Waals surface area contributed by atoms with E-state index in [2.05, 4.69) is 38.0 Å². The van der Waals surface area contributed by atoms with Gasteiger partial charge in [-0.3, -0.25) is 4.72 Å². The smallest absolute Gasteiger partial charge is 0.267 e. The maximum Gasteiger partial charge on any atom is 0.267 e. The van der Waals surface area contributed by atoms with E-state index in [9.17, 15) is 8.42 Å². The molecule has 140 valence electrons. The average molecular weight is 384 g/mol. The highest BCUT2D eigenvalue weighted by molar-refractivity contribution is 7.92. The summed E-state index contributed by atoms with van der Waals surface area (Å²) in [7, 11) is -3.77. The van der Waals surface area contributed by atoms with Crippen LogP contribution in [0.4, 0.5) is 11.5 Å². The number of benzene rings is 1. The van der Waals surface area contributed by atoms with E-state index in [1.165, 1.54) is 17.3 Å². The van der Waals surface area contributed by atoms with E-state index in [1.807, 2.05) is 12.1 Å². The van der Waals surface area contributed by atoms with Crippen molar-refractivity contribution in [1.29, 1.82) is 0 Å². The number of nitrogens with one attached hydrogen (secondary N) is 1. The van der Waals surface area contributed by atoms with Gasteiger partial charge in [0, 0.05) is 13.1 Å². The molecule has 1 N–H and O–H groups in total. The molecule has 0 atom stereocenters. The third-order valence-electron chi connectivity index (χ3n) is 4.69. The third-order valence-corrected chi connectivity index (χ3v) is 6.32. The maximum absolute atomic E-state index is 12.6. The lowest BCUT2D eigenvalue weighted by atomic mass is 10.00. The predicted octanol–water partition coefficient (Wildman–Crippen LogP) is 3.05. The summed E-state index contributed by atoms with van der Waals surface area (Å²) < 4.78 is 32.7. The number of hydrogen-bond donors (Lipinski definition) is 1. The van der Waals surface area contributed by atoms with Gasteiger partial charge in [-0.25, -0.2) is 13.4 Å². The minimum atomic E-state index is -3.77. The molecule has 0 unspecified atom stereocenters. The van der Waals surface area contributed by atoms with Crippen LogP contribution in [0.25, 0.3) is 0 Å². The molecule has 1 aliphatic rings. The molecule has 0 radical (unpaired) electrons. The van der Waals surface area contributed by atoms with Crippen molar-refractivity contribution in [3.8, 4) is 0 Å². The SMILES string of the molecule is Cc1noc(C)c1S(=O)(=O)Nc1ccc(N2CCc3ccccc3C2)nc1. The molecule has 4 rings (SSSR count). The van der Waals surface area contributed by atoms with Crippen LogP contribution in [0, 0.1) is 13.8 Å². The first-order valence-electron chi connectivity index (χ1n) is 8.67. The van der Waals surface area contributed by atoms with Gasteiger partial charge in [-0.05, 0) is 43.5 Å². The average Bonchev–Trinajstić information content (AvgIpc) is 3.01. The largest absolute Gasteiger partial charge is 0.360 e. The van der Waals surface area contributed by atoms with E-state index in [0.29, 0.717) is 11.4 Å². The summed E-state index contributed by atoms with van der Waals surface area (Å²) in [6, 6.07) is 12.0. The Labute approximate surface area is 158 Å². The number of anilines is 2. The number of rotatable bonds is 4. The zero-order valence-electron chi connectivity index (χ0n) is 15.1. The van der Waals surface area contributed by atoms with Crippen molar-refractivity contribution in [3.05, 3.63) is 65.2 Å². The molecule has 27 heavy (non-hydrogen) atoms. The summed E-state index contributed by atoms with van der Waals surface area (Å²) in [5, 5.41) is 3.70. The first-order chi connectivity index (χ1) is 12.9. The number of hydrogen-bond acceptors (Lipinski definition) is 6. The van der Waals surface area contributed by atoms with E-state index in [0.717, 1.165) is 25.3 Å². The molecular weight excluding hydrogens is 364 g/mol. The van der Waals surface area contributed by atoms with Gasteiger partial charge in [0.05, 0.1) is 11.9 Å². The van der Waals surface area contributed by atoms with Gasteiger partial charge < -0.3 is 9.42 Å². The van der Waals surface area contributed by atoms with E-state index in [-0.39, 0.29) is 10.7 Å². The first-order valence-corrected chi connectivity index (χ1v) is 10.2. The number of aromatic nitrogens is 2. The van der Waals surface area contributed by atoms with Crippen LogP contribution in [-0.2, 0) is 23.0 Å². The van der Waals surface area contributed by atoms with Crippen LogP contribution < -0.4 is 9.62 Å². The number of pyridine rings is 1. The van der Waals surface area contributed by atoms with Gasteiger partial charge in [-0.2, -0.15) is 0 Å². The Balaban J connectivity index is 1.52. The van der Waals surface area contributed by atoms with E-state index in [1.54, 1.807) is 19.9 Å². The second kappa shape index (κ2) is 6.70. The molecule has 0 amide bonds.